The maximum Gasteiger partial charge on any atom is 0.0332 e. The number of piperazine rings is 1. The lowest BCUT2D eigenvalue weighted by Crippen LogP contribution is -2.64. The summed E-state index contributed by atoms with van der Waals surface area (Å²) in [6, 6.07) is 11.4. The van der Waals surface area contributed by atoms with Crippen molar-refractivity contribution >= 4 is 0 Å². The summed E-state index contributed by atoms with van der Waals surface area (Å²) >= 11 is 0. The first-order chi connectivity index (χ1) is 10.2. The SMILES string of the molecule is C/C=C/CN1CC(Cc2ccccc2)NCC1(CC)CC. The summed E-state index contributed by atoms with van der Waals surface area (Å²) < 4.78 is 0. The molecule has 21 heavy (non-hydrogen) atoms. The molecule has 2 rings (SSSR count). The molecular weight excluding hydrogens is 256 g/mol. The van der Waals surface area contributed by atoms with Gasteiger partial charge in [-0.25, -0.2) is 0 Å². The van der Waals surface area contributed by atoms with E-state index in [4.69, 9.17) is 0 Å². The highest BCUT2D eigenvalue weighted by molar-refractivity contribution is 5.16. The minimum Gasteiger partial charge on any atom is -0.311 e. The molecule has 1 N–H and O–H groups in total. The zero-order valence-corrected chi connectivity index (χ0v) is 13.8. The summed E-state index contributed by atoms with van der Waals surface area (Å²) in [6.07, 6.45) is 8.02. The molecule has 2 heteroatoms. The van der Waals surface area contributed by atoms with Gasteiger partial charge < -0.3 is 5.32 Å². The van der Waals surface area contributed by atoms with Crippen LogP contribution < -0.4 is 5.32 Å². The molecular formula is C19H30N2. The molecule has 1 heterocycles. The Morgan fingerprint density at radius 1 is 1.24 bits per heavy atom. The maximum atomic E-state index is 3.80. The van der Waals surface area contributed by atoms with Gasteiger partial charge in [-0.1, -0.05) is 56.3 Å². The van der Waals surface area contributed by atoms with Gasteiger partial charge in [0.05, 0.1) is 0 Å². The first kappa shape index (κ1) is 16.3. The molecule has 0 saturated carbocycles. The fourth-order valence-corrected chi connectivity index (χ4v) is 3.45. The zero-order valence-electron chi connectivity index (χ0n) is 13.8. The van der Waals surface area contributed by atoms with Crippen LogP contribution in [-0.4, -0.2) is 36.1 Å². The molecule has 0 amide bonds. The average molecular weight is 286 g/mol. The van der Waals surface area contributed by atoms with Crippen LogP contribution in [0, 0.1) is 0 Å². The normalized spacial score (nSPS) is 22.7. The number of rotatable bonds is 6. The summed E-state index contributed by atoms with van der Waals surface area (Å²) in [5, 5.41) is 3.80. The van der Waals surface area contributed by atoms with Crippen molar-refractivity contribution in [3.05, 3.63) is 48.0 Å². The summed E-state index contributed by atoms with van der Waals surface area (Å²) in [7, 11) is 0. The van der Waals surface area contributed by atoms with E-state index in [1.807, 2.05) is 0 Å². The van der Waals surface area contributed by atoms with Gasteiger partial charge >= 0.3 is 0 Å². The summed E-state index contributed by atoms with van der Waals surface area (Å²) in [6.45, 7) is 10.1. The molecule has 0 spiro atoms. The highest BCUT2D eigenvalue weighted by Crippen LogP contribution is 2.27. The molecule has 0 aliphatic carbocycles. The van der Waals surface area contributed by atoms with Crippen LogP contribution in [0.15, 0.2) is 42.5 Å². The van der Waals surface area contributed by atoms with Crippen LogP contribution in [-0.2, 0) is 6.42 Å². The molecule has 1 aromatic carbocycles. The fourth-order valence-electron chi connectivity index (χ4n) is 3.45. The van der Waals surface area contributed by atoms with Crippen LogP contribution in [0.25, 0.3) is 0 Å². The van der Waals surface area contributed by atoms with E-state index in [0.717, 1.165) is 26.1 Å². The van der Waals surface area contributed by atoms with Gasteiger partial charge in [-0.2, -0.15) is 0 Å². The molecule has 1 aliphatic heterocycles. The summed E-state index contributed by atoms with van der Waals surface area (Å²) in [4.78, 5) is 2.69. The van der Waals surface area contributed by atoms with E-state index in [-0.39, 0.29) is 0 Å². The summed E-state index contributed by atoms with van der Waals surface area (Å²) in [5.41, 5.74) is 1.76. The maximum absolute atomic E-state index is 3.80. The van der Waals surface area contributed by atoms with Crippen LogP contribution in [0.3, 0.4) is 0 Å². The van der Waals surface area contributed by atoms with Gasteiger partial charge in [0.15, 0.2) is 0 Å². The van der Waals surface area contributed by atoms with Crippen molar-refractivity contribution in [3.8, 4) is 0 Å². The molecule has 1 fully saturated rings. The Morgan fingerprint density at radius 2 is 1.95 bits per heavy atom. The van der Waals surface area contributed by atoms with Gasteiger partial charge in [-0.05, 0) is 31.7 Å². The van der Waals surface area contributed by atoms with E-state index < -0.39 is 0 Å². The van der Waals surface area contributed by atoms with Crippen molar-refractivity contribution in [2.75, 3.05) is 19.6 Å². The van der Waals surface area contributed by atoms with Crippen molar-refractivity contribution < 1.29 is 0 Å². The third kappa shape index (κ3) is 3.96. The second-order valence-corrected chi connectivity index (χ2v) is 6.17. The fraction of sp³-hybridized carbons (Fsp3) is 0.579. The number of nitrogens with zero attached hydrogens (tertiary/aromatic N) is 1. The van der Waals surface area contributed by atoms with Crippen molar-refractivity contribution in [2.24, 2.45) is 0 Å². The topological polar surface area (TPSA) is 15.3 Å². The lowest BCUT2D eigenvalue weighted by atomic mass is 9.86. The molecule has 1 unspecified atom stereocenters. The zero-order chi connectivity index (χ0) is 15.1. The van der Waals surface area contributed by atoms with E-state index in [1.54, 1.807) is 0 Å². The van der Waals surface area contributed by atoms with Crippen LogP contribution in [0.4, 0.5) is 0 Å². The number of hydrogen-bond donors (Lipinski definition) is 1. The van der Waals surface area contributed by atoms with Crippen LogP contribution >= 0.6 is 0 Å². The van der Waals surface area contributed by atoms with Crippen LogP contribution in [0.5, 0.6) is 0 Å². The smallest absolute Gasteiger partial charge is 0.0332 e. The Labute approximate surface area is 130 Å². The van der Waals surface area contributed by atoms with E-state index in [2.05, 4.69) is 73.5 Å². The van der Waals surface area contributed by atoms with Crippen molar-refractivity contribution in [3.63, 3.8) is 0 Å². The number of nitrogens with one attached hydrogen (secondary N) is 1. The third-order valence-electron chi connectivity index (χ3n) is 5.03. The van der Waals surface area contributed by atoms with Crippen molar-refractivity contribution in [2.45, 2.75) is 51.6 Å². The van der Waals surface area contributed by atoms with Gasteiger partial charge in [-0.3, -0.25) is 4.90 Å². The highest BCUT2D eigenvalue weighted by atomic mass is 15.3. The first-order valence-electron chi connectivity index (χ1n) is 8.37. The predicted octanol–water partition coefficient (Wildman–Crippen LogP) is 3.64. The molecule has 116 valence electrons. The van der Waals surface area contributed by atoms with Gasteiger partial charge in [0.1, 0.15) is 0 Å². The lowest BCUT2D eigenvalue weighted by Gasteiger charge is -2.49. The van der Waals surface area contributed by atoms with Crippen molar-refractivity contribution in [1.29, 1.82) is 0 Å². The van der Waals surface area contributed by atoms with Gasteiger partial charge in [0.25, 0.3) is 0 Å². The molecule has 1 aromatic rings. The van der Waals surface area contributed by atoms with E-state index >= 15 is 0 Å². The Morgan fingerprint density at radius 3 is 2.57 bits per heavy atom. The lowest BCUT2D eigenvalue weighted by molar-refractivity contribution is 0.0423. The molecule has 1 aliphatic rings. The quantitative estimate of drug-likeness (QED) is 0.803. The molecule has 1 atom stereocenters. The van der Waals surface area contributed by atoms with Gasteiger partial charge in [0.2, 0.25) is 0 Å². The monoisotopic (exact) mass is 286 g/mol. The number of benzene rings is 1. The van der Waals surface area contributed by atoms with E-state index in [9.17, 15) is 0 Å². The molecule has 0 aromatic heterocycles. The molecule has 0 radical (unpaired) electrons. The van der Waals surface area contributed by atoms with Gasteiger partial charge in [0, 0.05) is 31.2 Å². The van der Waals surface area contributed by atoms with E-state index in [1.165, 1.54) is 18.4 Å². The standard InChI is InChI=1S/C19H30N2/c1-4-7-13-21-15-18(14-17-11-9-8-10-12-17)20-16-19(21,5-2)6-3/h4,7-12,18,20H,5-6,13-16H2,1-3H3/b7-4+. The third-order valence-corrected chi connectivity index (χ3v) is 5.03. The van der Waals surface area contributed by atoms with Crippen LogP contribution in [0.2, 0.25) is 0 Å². The van der Waals surface area contributed by atoms with E-state index in [0.29, 0.717) is 11.6 Å². The first-order valence-corrected chi connectivity index (χ1v) is 8.37. The molecule has 1 saturated heterocycles. The predicted molar refractivity (Wildman–Crippen MR) is 91.6 cm³/mol. The minimum absolute atomic E-state index is 0.326. The Hall–Kier alpha value is -1.12. The second kappa shape index (κ2) is 7.77. The average Bonchev–Trinajstić information content (AvgIpc) is 2.54. The van der Waals surface area contributed by atoms with Crippen molar-refractivity contribution in [1.82, 2.24) is 10.2 Å². The number of hydrogen-bond acceptors (Lipinski definition) is 2. The Balaban J connectivity index is 2.05. The molecule has 0 bridgehead atoms. The van der Waals surface area contributed by atoms with Gasteiger partial charge in [-0.15, -0.1) is 0 Å². The number of allylic oxidation sites excluding steroid dienone is 1. The Kier molecular flexibility index (Phi) is 6.01. The highest BCUT2D eigenvalue weighted by Gasteiger charge is 2.37. The molecule has 2 nitrogen and oxygen atoms in total. The largest absolute Gasteiger partial charge is 0.311 e. The minimum atomic E-state index is 0.326. The van der Waals surface area contributed by atoms with Crippen LogP contribution in [0.1, 0.15) is 39.2 Å². The second-order valence-electron chi connectivity index (χ2n) is 6.17. The Bertz CT molecular complexity index is 434. The summed E-state index contributed by atoms with van der Waals surface area (Å²) in [5.74, 6) is 0.